The lowest BCUT2D eigenvalue weighted by Crippen LogP contribution is -2.33. The Labute approximate surface area is 111 Å². The summed E-state index contributed by atoms with van der Waals surface area (Å²) in [6.07, 6.45) is 0.187. The lowest BCUT2D eigenvalue weighted by molar-refractivity contribution is 0.0863. The molecule has 1 heterocycles. The minimum atomic E-state index is -4.01. The van der Waals surface area contributed by atoms with E-state index in [-0.39, 0.29) is 23.2 Å². The maximum absolute atomic E-state index is 11.9. The zero-order chi connectivity index (χ0) is 14.6. The van der Waals surface area contributed by atoms with Crippen LogP contribution in [-0.4, -0.2) is 44.3 Å². The van der Waals surface area contributed by atoms with Gasteiger partial charge in [-0.25, -0.2) is 13.6 Å². The van der Waals surface area contributed by atoms with Crippen LogP contribution in [0.15, 0.2) is 4.90 Å². The minimum absolute atomic E-state index is 0.188. The van der Waals surface area contributed by atoms with Gasteiger partial charge in [-0.2, -0.15) is 5.10 Å². The molecule has 4 N–H and O–H groups in total. The van der Waals surface area contributed by atoms with Crippen LogP contribution >= 0.6 is 0 Å². The Morgan fingerprint density at radius 2 is 2.21 bits per heavy atom. The van der Waals surface area contributed by atoms with Crippen LogP contribution in [0.2, 0.25) is 0 Å². The normalized spacial score (nSPS) is 13.3. The average Bonchev–Trinajstić information content (AvgIpc) is 2.79. The van der Waals surface area contributed by atoms with E-state index in [2.05, 4.69) is 15.5 Å². The Kier molecular flexibility index (Phi) is 5.04. The molecular formula is C10H18N4O4S. The van der Waals surface area contributed by atoms with Crippen molar-refractivity contribution in [2.75, 3.05) is 13.7 Å². The van der Waals surface area contributed by atoms with Crippen molar-refractivity contribution in [3.8, 4) is 0 Å². The number of H-pyrrole nitrogens is 1. The number of carbonyl (C=O) groups excluding carboxylic acids is 1. The molecule has 1 aromatic rings. The number of aromatic nitrogens is 2. The zero-order valence-electron chi connectivity index (χ0n) is 11.1. The topological polar surface area (TPSA) is 127 Å². The standard InChI is InChI=1S/C10H18N4O4S/c1-4-7-9(19(11,16)17)8(14-13-7)10(15)12-5-6(2)18-3/h6H,4-5H2,1-3H3,(H,12,15)(H,13,14)(H2,11,16,17). The minimum Gasteiger partial charge on any atom is -0.380 e. The number of nitrogens with one attached hydrogen (secondary N) is 2. The third-order valence-corrected chi connectivity index (χ3v) is 3.61. The quantitative estimate of drug-likeness (QED) is 0.643. The van der Waals surface area contributed by atoms with Crippen LogP contribution in [0.3, 0.4) is 0 Å². The van der Waals surface area contributed by atoms with Gasteiger partial charge in [0.15, 0.2) is 5.69 Å². The van der Waals surface area contributed by atoms with Gasteiger partial charge in [-0.1, -0.05) is 6.92 Å². The number of rotatable bonds is 6. The van der Waals surface area contributed by atoms with Crippen molar-refractivity contribution in [3.63, 3.8) is 0 Å². The molecule has 0 aliphatic carbocycles. The van der Waals surface area contributed by atoms with Crippen LogP contribution in [0.1, 0.15) is 30.0 Å². The van der Waals surface area contributed by atoms with Crippen molar-refractivity contribution in [2.45, 2.75) is 31.3 Å². The summed E-state index contributed by atoms with van der Waals surface area (Å²) in [4.78, 5) is 11.6. The predicted octanol–water partition coefficient (Wildman–Crippen LogP) is -0.616. The lowest BCUT2D eigenvalue weighted by Gasteiger charge is -2.10. The van der Waals surface area contributed by atoms with E-state index in [0.29, 0.717) is 12.1 Å². The van der Waals surface area contributed by atoms with E-state index < -0.39 is 15.9 Å². The molecule has 0 fully saturated rings. The molecular weight excluding hydrogens is 272 g/mol. The number of aromatic amines is 1. The Morgan fingerprint density at radius 3 is 2.68 bits per heavy atom. The first-order valence-corrected chi connectivity index (χ1v) is 7.26. The largest absolute Gasteiger partial charge is 0.380 e. The number of ether oxygens (including phenoxy) is 1. The summed E-state index contributed by atoms with van der Waals surface area (Å²) in [5, 5.41) is 13.9. The first-order valence-electron chi connectivity index (χ1n) is 5.72. The number of carbonyl (C=O) groups is 1. The van der Waals surface area contributed by atoms with Gasteiger partial charge in [-0.15, -0.1) is 0 Å². The Bertz CT molecular complexity index is 552. The number of aryl methyl sites for hydroxylation is 1. The van der Waals surface area contributed by atoms with Gasteiger partial charge in [0, 0.05) is 13.7 Å². The highest BCUT2D eigenvalue weighted by atomic mass is 32.2. The number of methoxy groups -OCH3 is 1. The molecule has 108 valence electrons. The van der Waals surface area contributed by atoms with Gasteiger partial charge in [0.1, 0.15) is 4.90 Å². The van der Waals surface area contributed by atoms with E-state index in [1.165, 1.54) is 7.11 Å². The number of sulfonamides is 1. The number of hydrogen-bond donors (Lipinski definition) is 3. The van der Waals surface area contributed by atoms with Crippen LogP contribution in [0.4, 0.5) is 0 Å². The van der Waals surface area contributed by atoms with Crippen molar-refractivity contribution < 1.29 is 17.9 Å². The van der Waals surface area contributed by atoms with Gasteiger partial charge >= 0.3 is 0 Å². The molecule has 0 saturated heterocycles. The smallest absolute Gasteiger partial charge is 0.273 e. The van der Waals surface area contributed by atoms with E-state index in [1.807, 2.05) is 0 Å². The average molecular weight is 290 g/mol. The molecule has 0 bridgehead atoms. The van der Waals surface area contributed by atoms with E-state index in [4.69, 9.17) is 9.88 Å². The fourth-order valence-corrected chi connectivity index (χ4v) is 2.41. The van der Waals surface area contributed by atoms with E-state index in [1.54, 1.807) is 13.8 Å². The molecule has 0 radical (unpaired) electrons. The highest BCUT2D eigenvalue weighted by Crippen LogP contribution is 2.17. The molecule has 1 amide bonds. The fraction of sp³-hybridized carbons (Fsp3) is 0.600. The first-order chi connectivity index (χ1) is 8.81. The Hall–Kier alpha value is -1.45. The van der Waals surface area contributed by atoms with Crippen molar-refractivity contribution in [3.05, 3.63) is 11.4 Å². The second-order valence-electron chi connectivity index (χ2n) is 4.03. The van der Waals surface area contributed by atoms with Gasteiger partial charge in [-0.05, 0) is 13.3 Å². The second kappa shape index (κ2) is 6.13. The number of nitrogens with zero attached hydrogens (tertiary/aromatic N) is 1. The maximum atomic E-state index is 11.9. The first kappa shape index (κ1) is 15.6. The Balaban J connectivity index is 3.01. The second-order valence-corrected chi connectivity index (χ2v) is 5.53. The monoisotopic (exact) mass is 290 g/mol. The molecule has 1 unspecified atom stereocenters. The molecule has 1 atom stereocenters. The van der Waals surface area contributed by atoms with E-state index >= 15 is 0 Å². The van der Waals surface area contributed by atoms with Crippen LogP contribution < -0.4 is 10.5 Å². The van der Waals surface area contributed by atoms with E-state index in [9.17, 15) is 13.2 Å². The van der Waals surface area contributed by atoms with Crippen LogP contribution in [0.5, 0.6) is 0 Å². The number of nitrogens with two attached hydrogens (primary N) is 1. The SMILES string of the molecule is CCc1[nH]nc(C(=O)NCC(C)OC)c1S(N)(=O)=O. The molecule has 1 aromatic heterocycles. The molecule has 0 aliphatic rings. The van der Waals surface area contributed by atoms with Gasteiger partial charge in [0.2, 0.25) is 10.0 Å². The summed E-state index contributed by atoms with van der Waals surface area (Å²) in [5.41, 5.74) is 0.0927. The Morgan fingerprint density at radius 1 is 1.58 bits per heavy atom. The fourth-order valence-electron chi connectivity index (χ4n) is 1.47. The molecule has 19 heavy (non-hydrogen) atoms. The number of primary sulfonamides is 1. The number of amides is 1. The van der Waals surface area contributed by atoms with Gasteiger partial charge in [0.05, 0.1) is 11.8 Å². The van der Waals surface area contributed by atoms with Crippen LogP contribution in [-0.2, 0) is 21.2 Å². The van der Waals surface area contributed by atoms with Gasteiger partial charge < -0.3 is 10.1 Å². The summed E-state index contributed by atoms with van der Waals surface area (Å²) in [6.45, 7) is 3.74. The zero-order valence-corrected chi connectivity index (χ0v) is 11.9. The lowest BCUT2D eigenvalue weighted by atomic mass is 10.3. The highest BCUT2D eigenvalue weighted by Gasteiger charge is 2.26. The number of hydrogen-bond acceptors (Lipinski definition) is 5. The molecule has 0 saturated carbocycles. The summed E-state index contributed by atoms with van der Waals surface area (Å²) in [5.74, 6) is -0.608. The van der Waals surface area contributed by atoms with Crippen molar-refractivity contribution in [1.82, 2.24) is 15.5 Å². The molecule has 8 nitrogen and oxygen atoms in total. The van der Waals surface area contributed by atoms with Crippen molar-refractivity contribution >= 4 is 15.9 Å². The molecule has 9 heteroatoms. The van der Waals surface area contributed by atoms with Crippen LogP contribution in [0, 0.1) is 0 Å². The molecule has 0 spiro atoms. The molecule has 0 aromatic carbocycles. The van der Waals surface area contributed by atoms with Crippen molar-refractivity contribution in [2.24, 2.45) is 5.14 Å². The summed E-state index contributed by atoms with van der Waals surface area (Å²) >= 11 is 0. The molecule has 1 rings (SSSR count). The summed E-state index contributed by atoms with van der Waals surface area (Å²) in [7, 11) is -2.50. The van der Waals surface area contributed by atoms with Crippen LogP contribution in [0.25, 0.3) is 0 Å². The predicted molar refractivity (Wildman–Crippen MR) is 68.1 cm³/mol. The third-order valence-electron chi connectivity index (χ3n) is 2.60. The van der Waals surface area contributed by atoms with Gasteiger partial charge in [-0.3, -0.25) is 9.89 Å². The maximum Gasteiger partial charge on any atom is 0.273 e. The molecule has 0 aliphatic heterocycles. The highest BCUT2D eigenvalue weighted by molar-refractivity contribution is 7.89. The van der Waals surface area contributed by atoms with Gasteiger partial charge in [0.25, 0.3) is 5.91 Å². The summed E-state index contributed by atoms with van der Waals surface area (Å²) < 4.78 is 28.0. The third kappa shape index (κ3) is 3.75. The van der Waals surface area contributed by atoms with Crippen molar-refractivity contribution in [1.29, 1.82) is 0 Å². The summed E-state index contributed by atoms with van der Waals surface area (Å²) in [6, 6.07) is 0. The van der Waals surface area contributed by atoms with E-state index in [0.717, 1.165) is 0 Å².